The van der Waals surface area contributed by atoms with Crippen LogP contribution in [0.15, 0.2) is 6.07 Å². The van der Waals surface area contributed by atoms with Crippen molar-refractivity contribution in [2.45, 2.75) is 32.2 Å². The number of rotatable bonds is 3. The molecule has 3 heteroatoms. The van der Waals surface area contributed by atoms with Crippen LogP contribution >= 0.6 is 0 Å². The highest BCUT2D eigenvalue weighted by Gasteiger charge is 2.18. The van der Waals surface area contributed by atoms with E-state index in [9.17, 15) is 0 Å². The standard InChI is InChI=1S/C12H20N2O/c1-9-11(8-13-2)7-12(14-9)10-3-5-15-6-4-10/h7,10,13-14H,3-6,8H2,1-2H3. The SMILES string of the molecule is CNCc1cc(C2CCOCC2)[nH]c1C. The second kappa shape index (κ2) is 4.81. The Morgan fingerprint density at radius 3 is 2.87 bits per heavy atom. The van der Waals surface area contributed by atoms with Crippen LogP contribution in [0, 0.1) is 6.92 Å². The highest BCUT2D eigenvalue weighted by molar-refractivity contribution is 5.27. The first-order valence-electron chi connectivity index (χ1n) is 5.72. The lowest BCUT2D eigenvalue weighted by Crippen LogP contribution is -2.14. The molecular weight excluding hydrogens is 188 g/mol. The molecule has 1 saturated heterocycles. The summed E-state index contributed by atoms with van der Waals surface area (Å²) < 4.78 is 5.38. The summed E-state index contributed by atoms with van der Waals surface area (Å²) in [4.78, 5) is 3.50. The van der Waals surface area contributed by atoms with Crippen LogP contribution in [0.1, 0.15) is 35.7 Å². The first kappa shape index (κ1) is 10.7. The average Bonchev–Trinajstić information content (AvgIpc) is 2.63. The second-order valence-electron chi connectivity index (χ2n) is 4.29. The van der Waals surface area contributed by atoms with Crippen LogP contribution in [-0.4, -0.2) is 25.2 Å². The van der Waals surface area contributed by atoms with Gasteiger partial charge in [0.2, 0.25) is 0 Å². The number of hydrogen-bond donors (Lipinski definition) is 2. The fourth-order valence-electron chi connectivity index (χ4n) is 2.23. The molecule has 1 fully saturated rings. The Morgan fingerprint density at radius 2 is 2.20 bits per heavy atom. The molecule has 2 heterocycles. The van der Waals surface area contributed by atoms with Crippen LogP contribution in [0.3, 0.4) is 0 Å². The van der Waals surface area contributed by atoms with Gasteiger partial charge >= 0.3 is 0 Å². The van der Waals surface area contributed by atoms with Crippen molar-refractivity contribution in [3.63, 3.8) is 0 Å². The first-order valence-corrected chi connectivity index (χ1v) is 5.72. The van der Waals surface area contributed by atoms with E-state index in [1.165, 1.54) is 17.0 Å². The summed E-state index contributed by atoms with van der Waals surface area (Å²) in [7, 11) is 1.99. The molecule has 0 amide bonds. The summed E-state index contributed by atoms with van der Waals surface area (Å²) in [6.07, 6.45) is 2.30. The van der Waals surface area contributed by atoms with E-state index in [0.717, 1.165) is 32.6 Å². The van der Waals surface area contributed by atoms with Gasteiger partial charge in [-0.1, -0.05) is 0 Å². The molecule has 0 bridgehead atoms. The molecule has 1 aromatic heterocycles. The molecule has 1 aromatic rings. The maximum absolute atomic E-state index is 5.38. The van der Waals surface area contributed by atoms with Gasteiger partial charge in [0.05, 0.1) is 0 Å². The number of hydrogen-bond acceptors (Lipinski definition) is 2. The van der Waals surface area contributed by atoms with Gasteiger partial charge in [-0.3, -0.25) is 0 Å². The third-order valence-electron chi connectivity index (χ3n) is 3.17. The fourth-order valence-corrected chi connectivity index (χ4v) is 2.23. The Balaban J connectivity index is 2.10. The molecular formula is C12H20N2O. The van der Waals surface area contributed by atoms with E-state index in [0.29, 0.717) is 5.92 Å². The zero-order chi connectivity index (χ0) is 10.7. The number of aromatic amines is 1. The van der Waals surface area contributed by atoms with Gasteiger partial charge in [-0.2, -0.15) is 0 Å². The predicted octanol–water partition coefficient (Wildman–Crippen LogP) is 1.94. The maximum Gasteiger partial charge on any atom is 0.0472 e. The predicted molar refractivity (Wildman–Crippen MR) is 61.1 cm³/mol. The molecule has 2 N–H and O–H groups in total. The van der Waals surface area contributed by atoms with Crippen LogP contribution in [0.25, 0.3) is 0 Å². The van der Waals surface area contributed by atoms with Crippen molar-refractivity contribution >= 4 is 0 Å². The molecule has 0 aromatic carbocycles. The topological polar surface area (TPSA) is 37.0 Å². The summed E-state index contributed by atoms with van der Waals surface area (Å²) in [5.74, 6) is 0.669. The molecule has 2 rings (SSSR count). The van der Waals surface area contributed by atoms with Crippen LogP contribution < -0.4 is 5.32 Å². The van der Waals surface area contributed by atoms with E-state index >= 15 is 0 Å². The van der Waals surface area contributed by atoms with Gasteiger partial charge in [0, 0.05) is 37.1 Å². The second-order valence-corrected chi connectivity index (χ2v) is 4.29. The maximum atomic E-state index is 5.38. The molecule has 0 radical (unpaired) electrons. The Bertz CT molecular complexity index is 313. The quantitative estimate of drug-likeness (QED) is 0.796. The zero-order valence-electron chi connectivity index (χ0n) is 9.60. The Labute approximate surface area is 91.2 Å². The van der Waals surface area contributed by atoms with Crippen LogP contribution in [0.2, 0.25) is 0 Å². The summed E-state index contributed by atoms with van der Waals surface area (Å²) >= 11 is 0. The van der Waals surface area contributed by atoms with Crippen molar-refractivity contribution in [2.75, 3.05) is 20.3 Å². The molecule has 0 spiro atoms. The lowest BCUT2D eigenvalue weighted by Gasteiger charge is -2.20. The van der Waals surface area contributed by atoms with Crippen molar-refractivity contribution in [3.05, 3.63) is 23.0 Å². The lowest BCUT2D eigenvalue weighted by atomic mass is 9.96. The van der Waals surface area contributed by atoms with E-state index in [2.05, 4.69) is 23.3 Å². The van der Waals surface area contributed by atoms with Crippen LogP contribution in [0.4, 0.5) is 0 Å². The lowest BCUT2D eigenvalue weighted by molar-refractivity contribution is 0.0846. The van der Waals surface area contributed by atoms with E-state index in [4.69, 9.17) is 4.74 Å². The largest absolute Gasteiger partial charge is 0.381 e. The smallest absolute Gasteiger partial charge is 0.0472 e. The molecule has 0 atom stereocenters. The normalized spacial score (nSPS) is 18.3. The number of aromatic nitrogens is 1. The zero-order valence-corrected chi connectivity index (χ0v) is 9.60. The van der Waals surface area contributed by atoms with Gasteiger partial charge in [0.15, 0.2) is 0 Å². The van der Waals surface area contributed by atoms with E-state index in [1.54, 1.807) is 0 Å². The van der Waals surface area contributed by atoms with Crippen molar-refractivity contribution < 1.29 is 4.74 Å². The summed E-state index contributed by atoms with van der Waals surface area (Å²) in [6, 6.07) is 2.31. The summed E-state index contributed by atoms with van der Waals surface area (Å²) in [6.45, 7) is 4.91. The molecule has 0 aliphatic carbocycles. The van der Waals surface area contributed by atoms with Crippen LogP contribution in [0.5, 0.6) is 0 Å². The average molecular weight is 208 g/mol. The number of H-pyrrole nitrogens is 1. The third kappa shape index (κ3) is 2.41. The highest BCUT2D eigenvalue weighted by Crippen LogP contribution is 2.27. The van der Waals surface area contributed by atoms with Gasteiger partial charge in [-0.25, -0.2) is 0 Å². The summed E-state index contributed by atoms with van der Waals surface area (Å²) in [5.41, 5.74) is 4.07. The first-order chi connectivity index (χ1) is 7.31. The van der Waals surface area contributed by atoms with Crippen LogP contribution in [-0.2, 0) is 11.3 Å². The Kier molecular flexibility index (Phi) is 3.44. The van der Waals surface area contributed by atoms with E-state index < -0.39 is 0 Å². The fraction of sp³-hybridized carbons (Fsp3) is 0.667. The molecule has 0 saturated carbocycles. The molecule has 0 unspecified atom stereocenters. The number of aryl methyl sites for hydroxylation is 1. The third-order valence-corrected chi connectivity index (χ3v) is 3.17. The Hall–Kier alpha value is -0.800. The molecule has 15 heavy (non-hydrogen) atoms. The van der Waals surface area contributed by atoms with Crippen molar-refractivity contribution in [2.24, 2.45) is 0 Å². The van der Waals surface area contributed by atoms with Gasteiger partial charge < -0.3 is 15.0 Å². The molecule has 1 aliphatic heterocycles. The minimum absolute atomic E-state index is 0.669. The van der Waals surface area contributed by atoms with Crippen molar-refractivity contribution in [1.29, 1.82) is 0 Å². The van der Waals surface area contributed by atoms with E-state index in [1.807, 2.05) is 7.05 Å². The minimum Gasteiger partial charge on any atom is -0.381 e. The number of ether oxygens (including phenoxy) is 1. The van der Waals surface area contributed by atoms with Gasteiger partial charge in [-0.15, -0.1) is 0 Å². The molecule has 84 valence electrons. The van der Waals surface area contributed by atoms with Gasteiger partial charge in [-0.05, 0) is 38.4 Å². The van der Waals surface area contributed by atoms with Gasteiger partial charge in [0.1, 0.15) is 0 Å². The molecule has 1 aliphatic rings. The van der Waals surface area contributed by atoms with Crippen molar-refractivity contribution in [3.8, 4) is 0 Å². The molecule has 3 nitrogen and oxygen atoms in total. The Morgan fingerprint density at radius 1 is 1.47 bits per heavy atom. The summed E-state index contributed by atoms with van der Waals surface area (Å²) in [5, 5.41) is 3.20. The van der Waals surface area contributed by atoms with Crippen molar-refractivity contribution in [1.82, 2.24) is 10.3 Å². The van der Waals surface area contributed by atoms with Gasteiger partial charge in [0.25, 0.3) is 0 Å². The number of nitrogens with one attached hydrogen (secondary N) is 2. The monoisotopic (exact) mass is 208 g/mol. The highest BCUT2D eigenvalue weighted by atomic mass is 16.5. The van der Waals surface area contributed by atoms with E-state index in [-0.39, 0.29) is 0 Å². The minimum atomic E-state index is 0.669.